The van der Waals surface area contributed by atoms with Crippen LogP contribution in [0.15, 0.2) is 24.3 Å². The molecule has 0 radical (unpaired) electrons. The highest BCUT2D eigenvalue weighted by molar-refractivity contribution is 5.44. The highest BCUT2D eigenvalue weighted by atomic mass is 19.1. The standard InChI is InChI=1S/C20H30FN3O2/c21-16-5-4-6-17(11-16)22-18-14-25-19-12-24(13-20(19)26-15-18)10-9-23-7-2-1-3-8-23/h4-6,11,18-20,22H,1-3,7-10,12-15H2/t19-,20-/m0/s1. The summed E-state index contributed by atoms with van der Waals surface area (Å²) in [5, 5.41) is 3.32. The van der Waals surface area contributed by atoms with E-state index in [0.717, 1.165) is 31.9 Å². The molecule has 0 aromatic heterocycles. The van der Waals surface area contributed by atoms with Crippen LogP contribution in [0.5, 0.6) is 0 Å². The van der Waals surface area contributed by atoms with Crippen LogP contribution in [0.3, 0.4) is 0 Å². The summed E-state index contributed by atoms with van der Waals surface area (Å²) in [5.41, 5.74) is 0.775. The number of ether oxygens (including phenoxy) is 2. The van der Waals surface area contributed by atoms with Gasteiger partial charge in [0.05, 0.1) is 31.5 Å². The molecule has 3 saturated heterocycles. The van der Waals surface area contributed by atoms with Crippen molar-refractivity contribution in [2.45, 2.75) is 37.5 Å². The molecule has 2 atom stereocenters. The lowest BCUT2D eigenvalue weighted by atomic mass is 10.1. The number of rotatable bonds is 5. The van der Waals surface area contributed by atoms with E-state index < -0.39 is 0 Å². The molecule has 0 unspecified atom stereocenters. The molecule has 5 nitrogen and oxygen atoms in total. The molecule has 3 heterocycles. The number of fused-ring (bicyclic) bond motifs is 1. The lowest BCUT2D eigenvalue weighted by molar-refractivity contribution is -0.00461. The number of hydrogen-bond donors (Lipinski definition) is 1. The zero-order chi connectivity index (χ0) is 17.8. The normalized spacial score (nSPS) is 28.7. The van der Waals surface area contributed by atoms with Gasteiger partial charge >= 0.3 is 0 Å². The molecule has 144 valence electrons. The van der Waals surface area contributed by atoms with Crippen LogP contribution in [0, 0.1) is 5.82 Å². The number of anilines is 1. The number of hydrogen-bond acceptors (Lipinski definition) is 5. The SMILES string of the molecule is Fc1cccc(NC2CO[C@H]3CN(CCN4CCCCC4)C[C@@H]3OC2)c1. The van der Waals surface area contributed by atoms with Crippen molar-refractivity contribution in [3.8, 4) is 0 Å². The molecule has 3 fully saturated rings. The Morgan fingerprint density at radius 3 is 2.35 bits per heavy atom. The van der Waals surface area contributed by atoms with Gasteiger partial charge in [0.1, 0.15) is 5.82 Å². The summed E-state index contributed by atoms with van der Waals surface area (Å²) in [6.07, 6.45) is 4.37. The molecule has 3 aliphatic rings. The van der Waals surface area contributed by atoms with Crippen molar-refractivity contribution in [2.75, 3.05) is 57.8 Å². The fraction of sp³-hybridized carbons (Fsp3) is 0.700. The molecule has 1 aromatic carbocycles. The second kappa shape index (κ2) is 8.65. The van der Waals surface area contributed by atoms with E-state index in [4.69, 9.17) is 9.47 Å². The number of nitrogens with zero attached hydrogens (tertiary/aromatic N) is 2. The first-order valence-electron chi connectivity index (χ1n) is 9.96. The smallest absolute Gasteiger partial charge is 0.125 e. The Bertz CT molecular complexity index is 566. The third kappa shape index (κ3) is 4.74. The van der Waals surface area contributed by atoms with Gasteiger partial charge in [-0.25, -0.2) is 4.39 Å². The number of nitrogens with one attached hydrogen (secondary N) is 1. The van der Waals surface area contributed by atoms with Gasteiger partial charge in [-0.1, -0.05) is 12.5 Å². The maximum absolute atomic E-state index is 13.3. The van der Waals surface area contributed by atoms with E-state index in [9.17, 15) is 4.39 Å². The van der Waals surface area contributed by atoms with Crippen LogP contribution in [0.25, 0.3) is 0 Å². The van der Waals surface area contributed by atoms with Gasteiger partial charge in [-0.2, -0.15) is 0 Å². The van der Waals surface area contributed by atoms with E-state index in [1.54, 1.807) is 6.07 Å². The molecule has 1 aromatic rings. The fourth-order valence-corrected chi connectivity index (χ4v) is 4.21. The van der Waals surface area contributed by atoms with Gasteiger partial charge in [0, 0.05) is 31.9 Å². The van der Waals surface area contributed by atoms with Crippen molar-refractivity contribution in [3.63, 3.8) is 0 Å². The van der Waals surface area contributed by atoms with Gasteiger partial charge in [-0.3, -0.25) is 4.90 Å². The summed E-state index contributed by atoms with van der Waals surface area (Å²) >= 11 is 0. The molecule has 0 bridgehead atoms. The molecule has 6 heteroatoms. The van der Waals surface area contributed by atoms with Crippen molar-refractivity contribution < 1.29 is 13.9 Å². The van der Waals surface area contributed by atoms with E-state index in [1.807, 2.05) is 6.07 Å². The third-order valence-electron chi connectivity index (χ3n) is 5.69. The molecule has 1 N–H and O–H groups in total. The van der Waals surface area contributed by atoms with Gasteiger partial charge in [-0.15, -0.1) is 0 Å². The highest BCUT2D eigenvalue weighted by Crippen LogP contribution is 2.22. The zero-order valence-corrected chi connectivity index (χ0v) is 15.4. The maximum atomic E-state index is 13.3. The number of halogens is 1. The fourth-order valence-electron chi connectivity index (χ4n) is 4.21. The van der Waals surface area contributed by atoms with Crippen molar-refractivity contribution in [2.24, 2.45) is 0 Å². The first-order chi connectivity index (χ1) is 12.8. The zero-order valence-electron chi connectivity index (χ0n) is 15.4. The van der Waals surface area contributed by atoms with Gasteiger partial charge < -0.3 is 19.7 Å². The van der Waals surface area contributed by atoms with Crippen LogP contribution < -0.4 is 5.32 Å². The molecule has 26 heavy (non-hydrogen) atoms. The van der Waals surface area contributed by atoms with Crippen molar-refractivity contribution in [1.29, 1.82) is 0 Å². The van der Waals surface area contributed by atoms with Crippen LogP contribution in [0.1, 0.15) is 19.3 Å². The number of likely N-dealkylation sites (tertiary alicyclic amines) is 2. The summed E-state index contributed by atoms with van der Waals surface area (Å²) in [4.78, 5) is 5.06. The summed E-state index contributed by atoms with van der Waals surface area (Å²) in [5.74, 6) is -0.230. The van der Waals surface area contributed by atoms with Crippen LogP contribution in [0.2, 0.25) is 0 Å². The van der Waals surface area contributed by atoms with Gasteiger partial charge in [0.2, 0.25) is 0 Å². The molecule has 0 spiro atoms. The van der Waals surface area contributed by atoms with Gasteiger partial charge in [0.25, 0.3) is 0 Å². The Labute approximate surface area is 155 Å². The second-order valence-corrected chi connectivity index (χ2v) is 7.76. The maximum Gasteiger partial charge on any atom is 0.125 e. The van der Waals surface area contributed by atoms with Gasteiger partial charge in [0.15, 0.2) is 0 Å². The molecule has 0 amide bonds. The van der Waals surface area contributed by atoms with Gasteiger partial charge in [-0.05, 0) is 44.1 Å². The molecule has 0 aliphatic carbocycles. The Morgan fingerprint density at radius 1 is 0.962 bits per heavy atom. The van der Waals surface area contributed by atoms with E-state index >= 15 is 0 Å². The van der Waals surface area contributed by atoms with E-state index in [2.05, 4.69) is 15.1 Å². The quantitative estimate of drug-likeness (QED) is 0.868. The van der Waals surface area contributed by atoms with E-state index in [0.29, 0.717) is 13.2 Å². The lowest BCUT2D eigenvalue weighted by Crippen LogP contribution is -2.38. The predicted molar refractivity (Wildman–Crippen MR) is 100 cm³/mol. The van der Waals surface area contributed by atoms with Crippen molar-refractivity contribution in [1.82, 2.24) is 9.80 Å². The Hall–Kier alpha value is -1.21. The third-order valence-corrected chi connectivity index (χ3v) is 5.69. The van der Waals surface area contributed by atoms with E-state index in [-0.39, 0.29) is 24.1 Å². The number of benzene rings is 1. The summed E-state index contributed by atoms with van der Waals surface area (Å²) in [6, 6.07) is 6.61. The summed E-state index contributed by atoms with van der Waals surface area (Å²) < 4.78 is 25.6. The Balaban J connectivity index is 1.22. The second-order valence-electron chi connectivity index (χ2n) is 7.76. The molecular weight excluding hydrogens is 333 g/mol. The monoisotopic (exact) mass is 363 g/mol. The predicted octanol–water partition coefficient (Wildman–Crippen LogP) is 2.19. The van der Waals surface area contributed by atoms with Crippen molar-refractivity contribution >= 4 is 5.69 Å². The molecule has 4 rings (SSSR count). The highest BCUT2D eigenvalue weighted by Gasteiger charge is 2.37. The summed E-state index contributed by atoms with van der Waals surface area (Å²) in [7, 11) is 0. The largest absolute Gasteiger partial charge is 0.378 e. The van der Waals surface area contributed by atoms with Crippen LogP contribution in [-0.2, 0) is 9.47 Å². The molecular formula is C20H30FN3O2. The topological polar surface area (TPSA) is 37.0 Å². The van der Waals surface area contributed by atoms with Crippen LogP contribution in [0.4, 0.5) is 10.1 Å². The minimum Gasteiger partial charge on any atom is -0.378 e. The van der Waals surface area contributed by atoms with Crippen molar-refractivity contribution in [3.05, 3.63) is 30.1 Å². The minimum atomic E-state index is -0.230. The average Bonchev–Trinajstić information content (AvgIpc) is 2.96. The average molecular weight is 363 g/mol. The van der Waals surface area contributed by atoms with Crippen LogP contribution >= 0.6 is 0 Å². The first kappa shape index (κ1) is 18.2. The Kier molecular flexibility index (Phi) is 6.05. The molecule has 0 saturated carbocycles. The van der Waals surface area contributed by atoms with Crippen LogP contribution in [-0.4, -0.2) is 80.5 Å². The lowest BCUT2D eigenvalue weighted by Gasteiger charge is -2.28. The number of piperidine rings is 1. The minimum absolute atomic E-state index is 0.0594. The molecule has 3 aliphatic heterocycles. The van der Waals surface area contributed by atoms with E-state index in [1.165, 1.54) is 44.5 Å². The Morgan fingerprint density at radius 2 is 1.65 bits per heavy atom. The summed E-state index contributed by atoms with van der Waals surface area (Å²) in [6.45, 7) is 7.85. The first-order valence-corrected chi connectivity index (χ1v) is 9.96.